The van der Waals surface area contributed by atoms with Gasteiger partial charge in [0, 0.05) is 27.4 Å². The van der Waals surface area contributed by atoms with Crippen LogP contribution in [0.5, 0.6) is 17.2 Å². The van der Waals surface area contributed by atoms with Crippen LogP contribution in [0.15, 0.2) is 16.6 Å². The van der Waals surface area contributed by atoms with Crippen molar-refractivity contribution in [2.45, 2.75) is 0 Å². The van der Waals surface area contributed by atoms with E-state index in [1.165, 1.54) is 7.11 Å². The molecule has 0 aromatic heterocycles. The SMILES string of the molecule is COCOc1cc(Br)c(OCOC)c(OCOC)c1. The Morgan fingerprint density at radius 3 is 2.05 bits per heavy atom. The van der Waals surface area contributed by atoms with Gasteiger partial charge in [-0.25, -0.2) is 0 Å². The molecule has 0 amide bonds. The van der Waals surface area contributed by atoms with E-state index < -0.39 is 0 Å². The molecule has 1 aromatic carbocycles. The maximum absolute atomic E-state index is 5.44. The van der Waals surface area contributed by atoms with Gasteiger partial charge in [-0.15, -0.1) is 0 Å². The second-order valence-corrected chi connectivity index (χ2v) is 4.24. The van der Waals surface area contributed by atoms with Gasteiger partial charge in [0.25, 0.3) is 0 Å². The van der Waals surface area contributed by atoms with Crippen molar-refractivity contribution in [3.05, 3.63) is 16.6 Å². The summed E-state index contributed by atoms with van der Waals surface area (Å²) < 4.78 is 31.5. The lowest BCUT2D eigenvalue weighted by atomic mass is 10.3. The predicted octanol–water partition coefficient (Wildman–Crippen LogP) is 2.40. The minimum absolute atomic E-state index is 0.101. The first-order valence-electron chi connectivity index (χ1n) is 5.41. The number of hydrogen-bond acceptors (Lipinski definition) is 6. The summed E-state index contributed by atoms with van der Waals surface area (Å²) in [7, 11) is 4.63. The molecular formula is C12H17BrO6. The Morgan fingerprint density at radius 2 is 1.42 bits per heavy atom. The molecule has 6 nitrogen and oxygen atoms in total. The van der Waals surface area contributed by atoms with Crippen molar-refractivity contribution in [1.82, 2.24) is 0 Å². The molecule has 0 radical (unpaired) electrons. The molecule has 1 aromatic rings. The van der Waals surface area contributed by atoms with Crippen LogP contribution in [0.3, 0.4) is 0 Å². The zero-order valence-electron chi connectivity index (χ0n) is 11.1. The largest absolute Gasteiger partial charge is 0.467 e. The van der Waals surface area contributed by atoms with Crippen LogP contribution in [0.25, 0.3) is 0 Å². The Labute approximate surface area is 120 Å². The van der Waals surface area contributed by atoms with E-state index >= 15 is 0 Å². The average Bonchev–Trinajstić information content (AvgIpc) is 2.41. The Kier molecular flexibility index (Phi) is 7.57. The van der Waals surface area contributed by atoms with Crippen LogP contribution in [0.4, 0.5) is 0 Å². The van der Waals surface area contributed by atoms with Gasteiger partial charge in [0.1, 0.15) is 5.75 Å². The van der Waals surface area contributed by atoms with E-state index in [2.05, 4.69) is 15.9 Å². The highest BCUT2D eigenvalue weighted by Crippen LogP contribution is 2.39. The molecule has 0 saturated carbocycles. The van der Waals surface area contributed by atoms with Gasteiger partial charge in [-0.3, -0.25) is 0 Å². The first kappa shape index (κ1) is 16.0. The van der Waals surface area contributed by atoms with Crippen molar-refractivity contribution >= 4 is 15.9 Å². The van der Waals surface area contributed by atoms with Gasteiger partial charge in [0.2, 0.25) is 0 Å². The number of benzene rings is 1. The van der Waals surface area contributed by atoms with Gasteiger partial charge in [-0.05, 0) is 22.0 Å². The van der Waals surface area contributed by atoms with Crippen molar-refractivity contribution in [3.63, 3.8) is 0 Å². The normalized spacial score (nSPS) is 10.3. The van der Waals surface area contributed by atoms with Gasteiger partial charge in [-0.1, -0.05) is 0 Å². The second kappa shape index (κ2) is 8.98. The van der Waals surface area contributed by atoms with Crippen molar-refractivity contribution in [2.75, 3.05) is 41.7 Å². The summed E-state index contributed by atoms with van der Waals surface area (Å²) in [6, 6.07) is 3.44. The molecule has 0 aliphatic carbocycles. The van der Waals surface area contributed by atoms with E-state index in [4.69, 9.17) is 28.4 Å². The van der Waals surface area contributed by atoms with Crippen LogP contribution in [-0.2, 0) is 14.2 Å². The molecule has 0 fully saturated rings. The third-order valence-corrected chi connectivity index (χ3v) is 2.57. The Hall–Kier alpha value is -1.02. The third kappa shape index (κ3) is 5.23. The topological polar surface area (TPSA) is 55.4 Å². The monoisotopic (exact) mass is 336 g/mol. The molecule has 0 spiro atoms. The Bertz CT molecular complexity index is 385. The van der Waals surface area contributed by atoms with E-state index in [0.29, 0.717) is 21.7 Å². The van der Waals surface area contributed by atoms with Crippen LogP contribution in [0.2, 0.25) is 0 Å². The Morgan fingerprint density at radius 1 is 0.842 bits per heavy atom. The minimum Gasteiger partial charge on any atom is -0.467 e. The highest BCUT2D eigenvalue weighted by Gasteiger charge is 2.13. The number of hydrogen-bond donors (Lipinski definition) is 0. The minimum atomic E-state index is 0.101. The summed E-state index contributed by atoms with van der Waals surface area (Å²) in [4.78, 5) is 0. The predicted molar refractivity (Wildman–Crippen MR) is 71.7 cm³/mol. The number of ether oxygens (including phenoxy) is 6. The summed E-state index contributed by atoms with van der Waals surface area (Å²) in [5, 5.41) is 0. The highest BCUT2D eigenvalue weighted by atomic mass is 79.9. The highest BCUT2D eigenvalue weighted by molar-refractivity contribution is 9.10. The van der Waals surface area contributed by atoms with Crippen molar-refractivity contribution < 1.29 is 28.4 Å². The number of halogens is 1. The van der Waals surface area contributed by atoms with Crippen LogP contribution in [0, 0.1) is 0 Å². The summed E-state index contributed by atoms with van der Waals surface area (Å²) in [5.74, 6) is 1.59. The zero-order chi connectivity index (χ0) is 14.1. The van der Waals surface area contributed by atoms with Crippen molar-refractivity contribution in [2.24, 2.45) is 0 Å². The quantitative estimate of drug-likeness (QED) is 0.645. The van der Waals surface area contributed by atoms with Crippen LogP contribution >= 0.6 is 15.9 Å². The van der Waals surface area contributed by atoms with E-state index in [1.807, 2.05) is 0 Å². The molecule has 0 aliphatic rings. The van der Waals surface area contributed by atoms with E-state index in [9.17, 15) is 0 Å². The summed E-state index contributed by atoms with van der Waals surface area (Å²) in [5.41, 5.74) is 0. The van der Waals surface area contributed by atoms with Gasteiger partial charge in [-0.2, -0.15) is 0 Å². The first-order chi connectivity index (χ1) is 9.22. The molecule has 1 rings (SSSR count). The van der Waals surface area contributed by atoms with Gasteiger partial charge >= 0.3 is 0 Å². The summed E-state index contributed by atoms with van der Waals surface area (Å²) in [6.45, 7) is 0.359. The molecule has 19 heavy (non-hydrogen) atoms. The molecule has 7 heteroatoms. The molecule has 0 aliphatic heterocycles. The molecule has 0 saturated heterocycles. The van der Waals surface area contributed by atoms with Crippen molar-refractivity contribution in [1.29, 1.82) is 0 Å². The van der Waals surface area contributed by atoms with E-state index in [0.717, 1.165) is 0 Å². The zero-order valence-corrected chi connectivity index (χ0v) is 12.7. The molecule has 0 atom stereocenters. The lowest BCUT2D eigenvalue weighted by Gasteiger charge is -2.15. The van der Waals surface area contributed by atoms with Gasteiger partial charge in [0.05, 0.1) is 4.47 Å². The first-order valence-corrected chi connectivity index (χ1v) is 6.21. The lowest BCUT2D eigenvalue weighted by molar-refractivity contribution is 0.0303. The molecule has 0 bridgehead atoms. The maximum atomic E-state index is 5.44. The molecular weight excluding hydrogens is 320 g/mol. The van der Waals surface area contributed by atoms with Gasteiger partial charge in [0.15, 0.2) is 31.9 Å². The second-order valence-electron chi connectivity index (χ2n) is 3.38. The van der Waals surface area contributed by atoms with Crippen LogP contribution in [0.1, 0.15) is 0 Å². The van der Waals surface area contributed by atoms with Gasteiger partial charge < -0.3 is 28.4 Å². The Balaban J connectivity index is 2.92. The number of methoxy groups -OCH3 is 3. The standard InChI is InChI=1S/C12H17BrO6/c1-14-6-17-9-4-10(13)12(19-8-16-3)11(5-9)18-7-15-2/h4-5H,6-8H2,1-3H3. The fourth-order valence-corrected chi connectivity index (χ4v) is 1.78. The lowest BCUT2D eigenvalue weighted by Crippen LogP contribution is -2.06. The molecule has 0 unspecified atom stereocenters. The summed E-state index contributed by atoms with van der Waals surface area (Å²) >= 11 is 3.39. The van der Waals surface area contributed by atoms with E-state index in [1.54, 1.807) is 26.4 Å². The third-order valence-electron chi connectivity index (χ3n) is 1.98. The fraction of sp³-hybridized carbons (Fsp3) is 0.500. The smallest absolute Gasteiger partial charge is 0.188 e. The van der Waals surface area contributed by atoms with Crippen molar-refractivity contribution in [3.8, 4) is 17.2 Å². The molecule has 0 heterocycles. The van der Waals surface area contributed by atoms with Crippen LogP contribution < -0.4 is 14.2 Å². The maximum Gasteiger partial charge on any atom is 0.188 e. The van der Waals surface area contributed by atoms with Crippen LogP contribution in [-0.4, -0.2) is 41.7 Å². The van der Waals surface area contributed by atoms with E-state index in [-0.39, 0.29) is 20.4 Å². The fourth-order valence-electron chi connectivity index (χ4n) is 1.24. The number of rotatable bonds is 9. The average molecular weight is 337 g/mol. The molecule has 108 valence electrons. The molecule has 0 N–H and O–H groups in total. The summed E-state index contributed by atoms with van der Waals surface area (Å²) in [6.07, 6.45) is 0.